The summed E-state index contributed by atoms with van der Waals surface area (Å²) in [5, 5.41) is 2.76. The van der Waals surface area contributed by atoms with Crippen molar-refractivity contribution in [2.24, 2.45) is 7.05 Å². The molecule has 2 aromatic carbocycles. The number of rotatable bonds is 5. The molecule has 0 saturated carbocycles. The molecule has 4 amide bonds. The van der Waals surface area contributed by atoms with Gasteiger partial charge in [-0.25, -0.2) is 9.78 Å². The molecule has 0 bridgehead atoms. The number of nitrogens with zero attached hydrogens (tertiary/aromatic N) is 4. The number of aryl methyl sites for hydroxylation is 2. The van der Waals surface area contributed by atoms with Gasteiger partial charge in [0.1, 0.15) is 18.4 Å². The molecule has 1 N–H and O–H groups in total. The van der Waals surface area contributed by atoms with Crippen molar-refractivity contribution < 1.29 is 14.4 Å². The number of fused-ring (bicyclic) bond motifs is 1. The summed E-state index contributed by atoms with van der Waals surface area (Å²) in [6, 6.07) is 13.9. The van der Waals surface area contributed by atoms with Crippen molar-refractivity contribution in [1.29, 1.82) is 0 Å². The number of amides is 4. The lowest BCUT2D eigenvalue weighted by Crippen LogP contribution is -2.41. The number of aromatic nitrogens is 2. The third-order valence-corrected chi connectivity index (χ3v) is 5.39. The first kappa shape index (κ1) is 19.6. The number of anilines is 1. The summed E-state index contributed by atoms with van der Waals surface area (Å²) in [6.07, 6.45) is 0. The van der Waals surface area contributed by atoms with E-state index in [1.165, 1.54) is 4.90 Å². The summed E-state index contributed by atoms with van der Waals surface area (Å²) in [4.78, 5) is 44.8. The van der Waals surface area contributed by atoms with Crippen LogP contribution in [0.15, 0.2) is 48.5 Å². The van der Waals surface area contributed by atoms with Gasteiger partial charge in [-0.05, 0) is 38.1 Å². The van der Waals surface area contributed by atoms with E-state index < -0.39 is 23.9 Å². The Morgan fingerprint density at radius 2 is 1.80 bits per heavy atom. The van der Waals surface area contributed by atoms with E-state index in [0.717, 1.165) is 21.5 Å². The summed E-state index contributed by atoms with van der Waals surface area (Å²) in [5.41, 5.74) is 3.50. The van der Waals surface area contributed by atoms with E-state index >= 15 is 0 Å². The molecule has 30 heavy (non-hydrogen) atoms. The largest absolute Gasteiger partial charge is 0.347 e. The van der Waals surface area contributed by atoms with Gasteiger partial charge in [0, 0.05) is 12.7 Å². The number of urea groups is 1. The molecule has 1 saturated heterocycles. The predicted molar refractivity (Wildman–Crippen MR) is 113 cm³/mol. The molecule has 4 rings (SSSR count). The first-order valence-corrected chi connectivity index (χ1v) is 9.75. The molecule has 154 valence electrons. The average molecular weight is 405 g/mol. The first-order valence-electron chi connectivity index (χ1n) is 9.75. The highest BCUT2D eigenvalue weighted by Crippen LogP contribution is 2.26. The van der Waals surface area contributed by atoms with Crippen molar-refractivity contribution >= 4 is 34.6 Å². The molecule has 3 aromatic rings. The second-order valence-corrected chi connectivity index (χ2v) is 7.44. The number of hydrogen-bond acceptors (Lipinski definition) is 4. The average Bonchev–Trinajstić information content (AvgIpc) is 3.16. The number of imide groups is 1. The number of nitrogens with one attached hydrogen (secondary N) is 1. The Morgan fingerprint density at radius 1 is 1.10 bits per heavy atom. The van der Waals surface area contributed by atoms with Gasteiger partial charge in [-0.15, -0.1) is 0 Å². The zero-order chi connectivity index (χ0) is 21.4. The summed E-state index contributed by atoms with van der Waals surface area (Å²) in [5.74, 6) is -0.113. The van der Waals surface area contributed by atoms with E-state index in [1.54, 1.807) is 19.1 Å². The van der Waals surface area contributed by atoms with E-state index in [4.69, 9.17) is 0 Å². The quantitative estimate of drug-likeness (QED) is 0.660. The van der Waals surface area contributed by atoms with Crippen molar-refractivity contribution in [2.45, 2.75) is 26.4 Å². The lowest BCUT2D eigenvalue weighted by Gasteiger charge is -2.19. The lowest BCUT2D eigenvalue weighted by atomic mass is 10.2. The van der Waals surface area contributed by atoms with Crippen molar-refractivity contribution in [3.8, 4) is 0 Å². The van der Waals surface area contributed by atoms with Crippen molar-refractivity contribution in [3.63, 3.8) is 0 Å². The highest BCUT2D eigenvalue weighted by molar-refractivity contribution is 6.15. The van der Waals surface area contributed by atoms with Crippen LogP contribution in [0.4, 0.5) is 10.5 Å². The second kappa shape index (κ2) is 7.62. The Morgan fingerprint density at radius 3 is 2.50 bits per heavy atom. The Bertz CT molecular complexity index is 1140. The maximum atomic E-state index is 12.8. The maximum Gasteiger partial charge on any atom is 0.332 e. The smallest absolute Gasteiger partial charge is 0.332 e. The number of carbonyl (C=O) groups excluding carboxylic acids is 3. The minimum absolute atomic E-state index is 0.206. The number of hydrogen-bond donors (Lipinski definition) is 1. The van der Waals surface area contributed by atoms with E-state index in [1.807, 2.05) is 54.9 Å². The van der Waals surface area contributed by atoms with Crippen LogP contribution in [-0.2, 0) is 23.2 Å². The molecule has 8 heteroatoms. The van der Waals surface area contributed by atoms with Gasteiger partial charge in [-0.1, -0.05) is 29.8 Å². The van der Waals surface area contributed by atoms with Crippen LogP contribution in [0.1, 0.15) is 18.3 Å². The van der Waals surface area contributed by atoms with E-state index in [-0.39, 0.29) is 13.1 Å². The fourth-order valence-corrected chi connectivity index (χ4v) is 3.64. The Hall–Kier alpha value is -3.68. The maximum absolute atomic E-state index is 12.8. The monoisotopic (exact) mass is 405 g/mol. The van der Waals surface area contributed by atoms with Gasteiger partial charge >= 0.3 is 6.03 Å². The third-order valence-electron chi connectivity index (χ3n) is 5.39. The molecule has 1 aliphatic heterocycles. The van der Waals surface area contributed by atoms with Crippen molar-refractivity contribution in [2.75, 3.05) is 11.4 Å². The Kier molecular flexibility index (Phi) is 4.99. The van der Waals surface area contributed by atoms with Crippen LogP contribution >= 0.6 is 0 Å². The van der Waals surface area contributed by atoms with Crippen LogP contribution < -0.4 is 10.2 Å². The molecular formula is C22H23N5O3. The zero-order valence-electron chi connectivity index (χ0n) is 17.1. The van der Waals surface area contributed by atoms with E-state index in [9.17, 15) is 14.4 Å². The highest BCUT2D eigenvalue weighted by Gasteiger charge is 2.44. The van der Waals surface area contributed by atoms with Gasteiger partial charge < -0.3 is 9.88 Å². The van der Waals surface area contributed by atoms with Gasteiger partial charge in [-0.2, -0.15) is 0 Å². The second-order valence-electron chi connectivity index (χ2n) is 7.44. The Balaban J connectivity index is 1.43. The fourth-order valence-electron chi connectivity index (χ4n) is 3.64. The van der Waals surface area contributed by atoms with Gasteiger partial charge in [-0.3, -0.25) is 19.4 Å². The molecule has 0 spiro atoms. The fraction of sp³-hybridized carbons (Fsp3) is 0.273. The molecule has 8 nitrogen and oxygen atoms in total. The Labute approximate surface area is 174 Å². The van der Waals surface area contributed by atoms with Crippen molar-refractivity contribution in [1.82, 2.24) is 19.8 Å². The van der Waals surface area contributed by atoms with Crippen LogP contribution in [0.5, 0.6) is 0 Å². The lowest BCUT2D eigenvalue weighted by molar-refractivity contribution is -0.131. The summed E-state index contributed by atoms with van der Waals surface area (Å²) in [7, 11) is 1.88. The minimum Gasteiger partial charge on any atom is -0.347 e. The summed E-state index contributed by atoms with van der Waals surface area (Å²) in [6.45, 7) is 3.49. The summed E-state index contributed by atoms with van der Waals surface area (Å²) < 4.78 is 1.91. The molecule has 1 aliphatic rings. The number of carbonyl (C=O) groups is 3. The number of imidazole rings is 1. The number of benzene rings is 2. The van der Waals surface area contributed by atoms with Gasteiger partial charge in [0.15, 0.2) is 0 Å². The molecule has 1 aromatic heterocycles. The van der Waals surface area contributed by atoms with Crippen molar-refractivity contribution in [3.05, 3.63) is 59.9 Å². The molecule has 2 heterocycles. The first-order chi connectivity index (χ1) is 14.4. The van der Waals surface area contributed by atoms with Crippen LogP contribution in [-0.4, -0.2) is 44.9 Å². The third kappa shape index (κ3) is 3.41. The van der Waals surface area contributed by atoms with Gasteiger partial charge in [0.2, 0.25) is 5.91 Å². The van der Waals surface area contributed by atoms with Crippen LogP contribution in [0.2, 0.25) is 0 Å². The number of para-hydroxylation sites is 2. The normalized spacial score (nSPS) is 16.6. The molecule has 1 fully saturated rings. The van der Waals surface area contributed by atoms with Gasteiger partial charge in [0.05, 0.1) is 17.6 Å². The van der Waals surface area contributed by atoms with E-state index in [0.29, 0.717) is 11.5 Å². The standard InChI is InChI=1S/C22H23N5O3/c1-14-8-10-16(11-9-14)27-15(2)21(29)26(22(27)30)13-20(28)23-12-19-24-17-6-4-5-7-18(17)25(19)3/h4-11,15H,12-13H2,1-3H3,(H,23,28)/t15-/m0/s1. The molecule has 0 aliphatic carbocycles. The highest BCUT2D eigenvalue weighted by atomic mass is 16.2. The topological polar surface area (TPSA) is 87.5 Å². The van der Waals surface area contributed by atoms with Crippen LogP contribution in [0.25, 0.3) is 11.0 Å². The zero-order valence-corrected chi connectivity index (χ0v) is 17.1. The van der Waals surface area contributed by atoms with Crippen LogP contribution in [0, 0.1) is 6.92 Å². The van der Waals surface area contributed by atoms with Gasteiger partial charge in [0.25, 0.3) is 5.91 Å². The summed E-state index contributed by atoms with van der Waals surface area (Å²) >= 11 is 0. The molecular weight excluding hydrogens is 382 g/mol. The van der Waals surface area contributed by atoms with E-state index in [2.05, 4.69) is 10.3 Å². The molecule has 1 atom stereocenters. The molecule has 0 unspecified atom stereocenters. The predicted octanol–water partition coefficient (Wildman–Crippen LogP) is 2.36. The minimum atomic E-state index is -0.659. The molecule has 0 radical (unpaired) electrons. The van der Waals surface area contributed by atoms with Crippen LogP contribution in [0.3, 0.4) is 0 Å². The SMILES string of the molecule is Cc1ccc(N2C(=O)N(CC(=O)NCc3nc4ccccc4n3C)C(=O)[C@@H]2C)cc1.